The highest BCUT2D eigenvalue weighted by Crippen LogP contribution is 2.20. The second-order valence-corrected chi connectivity index (χ2v) is 4.75. The average molecular weight is 288 g/mol. The molecule has 21 heavy (non-hydrogen) atoms. The van der Waals surface area contributed by atoms with Crippen molar-refractivity contribution in [1.29, 1.82) is 0 Å². The Morgan fingerprint density at radius 2 is 2.05 bits per heavy atom. The minimum absolute atomic E-state index is 0.201. The highest BCUT2D eigenvalue weighted by Gasteiger charge is 2.13. The maximum atomic E-state index is 13.6. The molecule has 0 radical (unpaired) electrons. The number of benzene rings is 1. The van der Waals surface area contributed by atoms with Gasteiger partial charge in [-0.2, -0.15) is 0 Å². The normalized spacial score (nSPS) is 11.2. The Hall–Kier alpha value is -2.70. The van der Waals surface area contributed by atoms with Gasteiger partial charge in [-0.25, -0.2) is 14.2 Å². The molecular formula is C14H13FN4O2. The lowest BCUT2D eigenvalue weighted by atomic mass is 10.1. The molecule has 0 aliphatic carbocycles. The van der Waals surface area contributed by atoms with Gasteiger partial charge in [0.1, 0.15) is 17.2 Å². The number of aryl methyl sites for hydroxylation is 2. The van der Waals surface area contributed by atoms with E-state index in [0.29, 0.717) is 23.5 Å². The first kappa shape index (κ1) is 13.3. The van der Waals surface area contributed by atoms with Crippen molar-refractivity contribution in [2.75, 3.05) is 0 Å². The molecule has 3 aromatic rings. The number of halogens is 1. The van der Waals surface area contributed by atoms with E-state index >= 15 is 0 Å². The smallest absolute Gasteiger partial charge is 0.330 e. The molecule has 108 valence electrons. The van der Waals surface area contributed by atoms with Crippen LogP contribution in [0.2, 0.25) is 0 Å². The van der Waals surface area contributed by atoms with Crippen LogP contribution < -0.4 is 11.2 Å². The standard InChI is InChI=1S/C14H13FN4O2/c1-3-19-12-10(13(20)18-14(19)21)16-11(17-12)8-5-4-7(2)9(15)6-8/h4-6H,3H2,1-2H3,(H,16,17)(H,18,20,21). The molecule has 0 fully saturated rings. The minimum atomic E-state index is -0.536. The van der Waals surface area contributed by atoms with E-state index < -0.39 is 11.2 Å². The number of aromatic nitrogens is 4. The van der Waals surface area contributed by atoms with E-state index in [0.717, 1.165) is 0 Å². The fourth-order valence-corrected chi connectivity index (χ4v) is 2.21. The average Bonchev–Trinajstić information content (AvgIpc) is 2.87. The Labute approximate surface area is 118 Å². The lowest BCUT2D eigenvalue weighted by molar-refractivity contribution is 0.619. The van der Waals surface area contributed by atoms with Crippen molar-refractivity contribution in [2.45, 2.75) is 20.4 Å². The van der Waals surface area contributed by atoms with Crippen LogP contribution in [0.25, 0.3) is 22.6 Å². The van der Waals surface area contributed by atoms with Crippen LogP contribution in [0.3, 0.4) is 0 Å². The zero-order valence-electron chi connectivity index (χ0n) is 11.5. The molecule has 0 atom stereocenters. The molecule has 7 heteroatoms. The molecule has 2 aromatic heterocycles. The van der Waals surface area contributed by atoms with Gasteiger partial charge in [0.05, 0.1) is 0 Å². The molecule has 0 unspecified atom stereocenters. The third-order valence-electron chi connectivity index (χ3n) is 3.39. The van der Waals surface area contributed by atoms with Gasteiger partial charge in [0.15, 0.2) is 5.65 Å². The van der Waals surface area contributed by atoms with Gasteiger partial charge < -0.3 is 4.98 Å². The molecular weight excluding hydrogens is 275 g/mol. The highest BCUT2D eigenvalue weighted by atomic mass is 19.1. The van der Waals surface area contributed by atoms with Crippen LogP contribution in [0.5, 0.6) is 0 Å². The molecule has 3 rings (SSSR count). The number of hydrogen-bond acceptors (Lipinski definition) is 3. The van der Waals surface area contributed by atoms with E-state index in [9.17, 15) is 14.0 Å². The molecule has 1 aromatic carbocycles. The summed E-state index contributed by atoms with van der Waals surface area (Å²) in [5.41, 5.74) is 0.464. The third kappa shape index (κ3) is 2.06. The molecule has 0 aliphatic rings. The molecule has 0 aliphatic heterocycles. The summed E-state index contributed by atoms with van der Waals surface area (Å²) < 4.78 is 15.0. The lowest BCUT2D eigenvalue weighted by Gasteiger charge is -2.00. The van der Waals surface area contributed by atoms with E-state index in [1.165, 1.54) is 10.6 Å². The number of rotatable bonds is 2. The lowest BCUT2D eigenvalue weighted by Crippen LogP contribution is -2.29. The Balaban J connectivity index is 2.30. The summed E-state index contributed by atoms with van der Waals surface area (Å²) in [6, 6.07) is 4.68. The van der Waals surface area contributed by atoms with Crippen molar-refractivity contribution in [1.82, 2.24) is 19.5 Å². The number of nitrogens with zero attached hydrogens (tertiary/aromatic N) is 2. The van der Waals surface area contributed by atoms with Crippen molar-refractivity contribution < 1.29 is 4.39 Å². The van der Waals surface area contributed by atoms with E-state index in [-0.39, 0.29) is 17.0 Å². The van der Waals surface area contributed by atoms with Crippen LogP contribution in [0.4, 0.5) is 4.39 Å². The summed E-state index contributed by atoms with van der Waals surface area (Å²) in [6.07, 6.45) is 0. The molecule has 0 saturated heterocycles. The maximum Gasteiger partial charge on any atom is 0.330 e. The van der Waals surface area contributed by atoms with E-state index in [4.69, 9.17) is 0 Å². The fourth-order valence-electron chi connectivity index (χ4n) is 2.21. The number of imidazole rings is 1. The zero-order valence-corrected chi connectivity index (χ0v) is 11.5. The van der Waals surface area contributed by atoms with Gasteiger partial charge in [-0.15, -0.1) is 0 Å². The molecule has 2 N–H and O–H groups in total. The van der Waals surface area contributed by atoms with Crippen LogP contribution >= 0.6 is 0 Å². The Bertz CT molecular complexity index is 952. The Kier molecular flexibility index (Phi) is 2.97. The largest absolute Gasteiger partial charge is 0.332 e. The first-order chi connectivity index (χ1) is 10.0. The monoisotopic (exact) mass is 288 g/mol. The van der Waals surface area contributed by atoms with Gasteiger partial charge in [0.25, 0.3) is 5.56 Å². The SMILES string of the molecule is CCn1c(=O)[nH]c(=O)c2[nH]c(-c3ccc(C)c(F)c3)nc21. The van der Waals surface area contributed by atoms with Crippen LogP contribution in [0, 0.1) is 12.7 Å². The molecule has 0 bridgehead atoms. The van der Waals surface area contributed by atoms with Crippen molar-refractivity contribution in [3.05, 3.63) is 50.4 Å². The second-order valence-electron chi connectivity index (χ2n) is 4.75. The summed E-state index contributed by atoms with van der Waals surface area (Å²) in [5, 5.41) is 0. The summed E-state index contributed by atoms with van der Waals surface area (Å²) in [5.74, 6) is -0.00283. The molecule has 2 heterocycles. The van der Waals surface area contributed by atoms with Crippen molar-refractivity contribution in [2.24, 2.45) is 0 Å². The topological polar surface area (TPSA) is 83.5 Å². The minimum Gasteiger partial charge on any atom is -0.332 e. The highest BCUT2D eigenvalue weighted by molar-refractivity contribution is 5.75. The van der Waals surface area contributed by atoms with Crippen molar-refractivity contribution in [3.8, 4) is 11.4 Å². The Morgan fingerprint density at radius 3 is 2.71 bits per heavy atom. The number of fused-ring (bicyclic) bond motifs is 1. The summed E-state index contributed by atoms with van der Waals surface area (Å²) in [6.45, 7) is 3.81. The maximum absolute atomic E-state index is 13.6. The summed E-state index contributed by atoms with van der Waals surface area (Å²) >= 11 is 0. The first-order valence-corrected chi connectivity index (χ1v) is 6.50. The van der Waals surface area contributed by atoms with E-state index in [1.54, 1.807) is 26.0 Å². The molecule has 0 amide bonds. The van der Waals surface area contributed by atoms with E-state index in [1.807, 2.05) is 0 Å². The molecule has 0 saturated carbocycles. The van der Waals surface area contributed by atoms with Gasteiger partial charge >= 0.3 is 5.69 Å². The summed E-state index contributed by atoms with van der Waals surface area (Å²) in [7, 11) is 0. The predicted molar refractivity (Wildman–Crippen MR) is 76.8 cm³/mol. The zero-order chi connectivity index (χ0) is 15.1. The van der Waals surface area contributed by atoms with Gasteiger partial charge in [0.2, 0.25) is 0 Å². The first-order valence-electron chi connectivity index (χ1n) is 6.50. The van der Waals surface area contributed by atoms with Gasteiger partial charge in [0, 0.05) is 12.1 Å². The third-order valence-corrected chi connectivity index (χ3v) is 3.39. The second kappa shape index (κ2) is 4.69. The Morgan fingerprint density at radius 1 is 1.29 bits per heavy atom. The number of nitrogens with one attached hydrogen (secondary N) is 2. The number of aromatic amines is 2. The van der Waals surface area contributed by atoms with Crippen molar-refractivity contribution in [3.63, 3.8) is 0 Å². The predicted octanol–water partition coefficient (Wildman–Crippen LogP) is 1.55. The van der Waals surface area contributed by atoms with Gasteiger partial charge in [-0.1, -0.05) is 12.1 Å². The van der Waals surface area contributed by atoms with Crippen LogP contribution in [-0.4, -0.2) is 19.5 Å². The van der Waals surface area contributed by atoms with Crippen molar-refractivity contribution >= 4 is 11.2 Å². The molecule has 0 spiro atoms. The molecule has 6 nitrogen and oxygen atoms in total. The van der Waals surface area contributed by atoms with Crippen LogP contribution in [-0.2, 0) is 6.54 Å². The fraction of sp³-hybridized carbons (Fsp3) is 0.214. The van der Waals surface area contributed by atoms with Crippen LogP contribution in [0.1, 0.15) is 12.5 Å². The van der Waals surface area contributed by atoms with Gasteiger partial charge in [-0.05, 0) is 25.5 Å². The van der Waals surface area contributed by atoms with E-state index in [2.05, 4.69) is 15.0 Å². The summed E-state index contributed by atoms with van der Waals surface area (Å²) in [4.78, 5) is 32.9. The number of H-pyrrole nitrogens is 2. The number of hydrogen-bond donors (Lipinski definition) is 2. The quantitative estimate of drug-likeness (QED) is 0.750. The van der Waals surface area contributed by atoms with Gasteiger partial charge in [-0.3, -0.25) is 14.3 Å². The van der Waals surface area contributed by atoms with Crippen LogP contribution in [0.15, 0.2) is 27.8 Å².